The highest BCUT2D eigenvalue weighted by Crippen LogP contribution is 2.42. The van der Waals surface area contributed by atoms with E-state index in [0.29, 0.717) is 46.5 Å². The van der Waals surface area contributed by atoms with Gasteiger partial charge >= 0.3 is 5.97 Å². The third-order valence-electron chi connectivity index (χ3n) is 6.19. The number of carbonyl (C=O) groups is 1. The van der Waals surface area contributed by atoms with E-state index < -0.39 is 5.97 Å². The summed E-state index contributed by atoms with van der Waals surface area (Å²) in [6.45, 7) is 7.09. The first-order valence-electron chi connectivity index (χ1n) is 11.6. The van der Waals surface area contributed by atoms with Crippen molar-refractivity contribution in [3.8, 4) is 11.1 Å². The number of nitrogens with zero attached hydrogens (tertiary/aromatic N) is 4. The molecule has 2 heterocycles. The van der Waals surface area contributed by atoms with Gasteiger partial charge in [-0.3, -0.25) is 4.98 Å². The summed E-state index contributed by atoms with van der Waals surface area (Å²) in [5, 5.41) is 25.8. The van der Waals surface area contributed by atoms with Crippen LogP contribution >= 0.6 is 11.6 Å². The molecule has 1 atom stereocenters. The van der Waals surface area contributed by atoms with E-state index in [2.05, 4.69) is 10.3 Å². The molecule has 1 aliphatic heterocycles. The molecule has 1 aromatic heterocycles. The molecule has 2 aromatic carbocycles. The number of halogens is 1. The van der Waals surface area contributed by atoms with Crippen LogP contribution in [0.15, 0.2) is 53.9 Å². The Labute approximate surface area is 214 Å². The molecule has 4 rings (SSSR count). The van der Waals surface area contributed by atoms with Gasteiger partial charge in [0, 0.05) is 28.0 Å². The lowest BCUT2D eigenvalue weighted by Crippen LogP contribution is -2.31. The van der Waals surface area contributed by atoms with Crippen molar-refractivity contribution >= 4 is 17.6 Å². The average Bonchev–Trinajstić information content (AvgIpc) is 3.29. The Morgan fingerprint density at radius 1 is 1.25 bits per heavy atom. The largest absolute Gasteiger partial charge is 0.478 e. The van der Waals surface area contributed by atoms with Gasteiger partial charge in [-0.1, -0.05) is 29.8 Å². The van der Waals surface area contributed by atoms with Crippen molar-refractivity contribution in [1.29, 1.82) is 0 Å². The topological polar surface area (TPSA) is 107 Å². The van der Waals surface area contributed by atoms with Crippen LogP contribution in [0, 0.1) is 6.92 Å². The maximum Gasteiger partial charge on any atom is 0.336 e. The van der Waals surface area contributed by atoms with E-state index in [1.165, 1.54) is 0 Å². The number of aryl methyl sites for hydroxylation is 1. The van der Waals surface area contributed by atoms with Gasteiger partial charge in [0.15, 0.2) is 0 Å². The number of ether oxygens (including phenoxy) is 1. The molecule has 0 saturated heterocycles. The van der Waals surface area contributed by atoms with Gasteiger partial charge < -0.3 is 14.7 Å². The summed E-state index contributed by atoms with van der Waals surface area (Å²) in [6.07, 6.45) is 1.47. The highest BCUT2D eigenvalue weighted by Gasteiger charge is 2.30. The standard InChI is InChI=1S/C26H27ClN4O5/c1-4-30(5-2)31(34)29-36-14-17-6-11-20(26(32)33)21(12-17)24-16(3)28-13-22-23(24)15-35-25(22)18-7-9-19(27)10-8-18/h6-13,25H,4-5,14-15H2,1-3H3,(H-,29,32,33,34)/p+1. The first kappa shape index (κ1) is 25.4. The molecule has 10 heteroatoms. The van der Waals surface area contributed by atoms with Crippen molar-refractivity contribution in [3.05, 3.63) is 87.2 Å². The lowest BCUT2D eigenvalue weighted by atomic mass is 9.90. The van der Waals surface area contributed by atoms with Crippen LogP contribution in [-0.4, -0.2) is 44.3 Å². The summed E-state index contributed by atoms with van der Waals surface area (Å²) >= 11 is 6.05. The van der Waals surface area contributed by atoms with Gasteiger partial charge in [0.25, 0.3) is 10.2 Å². The maximum absolute atomic E-state index is 12.1. The van der Waals surface area contributed by atoms with Crippen LogP contribution in [0.4, 0.5) is 0 Å². The number of rotatable bonds is 9. The fourth-order valence-corrected chi connectivity index (χ4v) is 4.46. The third kappa shape index (κ3) is 5.12. The molecule has 0 radical (unpaired) electrons. The number of pyridine rings is 1. The zero-order valence-corrected chi connectivity index (χ0v) is 21.1. The van der Waals surface area contributed by atoms with E-state index in [4.69, 9.17) is 21.2 Å². The summed E-state index contributed by atoms with van der Waals surface area (Å²) in [5.41, 5.74) is 5.52. The number of hydrogen-bond acceptors (Lipinski definition) is 5. The molecule has 1 unspecified atom stereocenters. The van der Waals surface area contributed by atoms with E-state index in [1.54, 1.807) is 29.4 Å². The van der Waals surface area contributed by atoms with Crippen LogP contribution in [0.25, 0.3) is 11.1 Å². The minimum Gasteiger partial charge on any atom is -0.478 e. The predicted molar refractivity (Wildman–Crippen MR) is 132 cm³/mol. The normalized spacial score (nSPS) is 15.0. The molecule has 0 fully saturated rings. The summed E-state index contributed by atoms with van der Waals surface area (Å²) < 4.78 is 6.12. The Balaban J connectivity index is 1.71. The van der Waals surface area contributed by atoms with Crippen LogP contribution in [0.5, 0.6) is 0 Å². The number of aromatic nitrogens is 1. The molecule has 1 aliphatic rings. The first-order valence-corrected chi connectivity index (χ1v) is 12.0. The molecule has 2 N–H and O–H groups in total. The first-order chi connectivity index (χ1) is 17.3. The summed E-state index contributed by atoms with van der Waals surface area (Å²) in [5.74, 6) is -1.05. The molecular weight excluding hydrogens is 484 g/mol. The monoisotopic (exact) mass is 511 g/mol. The lowest BCUT2D eigenvalue weighted by molar-refractivity contribution is -0.941. The molecule has 36 heavy (non-hydrogen) atoms. The second-order valence-electron chi connectivity index (χ2n) is 8.34. The van der Waals surface area contributed by atoms with E-state index >= 15 is 0 Å². The van der Waals surface area contributed by atoms with Gasteiger partial charge in [0.2, 0.25) is 0 Å². The van der Waals surface area contributed by atoms with Crippen molar-refractivity contribution in [2.75, 3.05) is 13.1 Å². The summed E-state index contributed by atoms with van der Waals surface area (Å²) in [4.78, 5) is 22.7. The molecule has 9 nitrogen and oxygen atoms in total. The molecule has 188 valence electrons. The molecule has 3 aromatic rings. The van der Waals surface area contributed by atoms with Crippen LogP contribution in [0.2, 0.25) is 5.02 Å². The fourth-order valence-electron chi connectivity index (χ4n) is 4.34. The maximum atomic E-state index is 12.1. The zero-order chi connectivity index (χ0) is 25.8. The molecular formula is C26H28ClN4O5+. The Morgan fingerprint density at radius 2 is 1.97 bits per heavy atom. The molecule has 0 amide bonds. The van der Waals surface area contributed by atoms with Crippen LogP contribution < -0.4 is 0 Å². The van der Waals surface area contributed by atoms with Crippen LogP contribution in [-0.2, 0) is 22.8 Å². The number of hydrazine groups is 1. The van der Waals surface area contributed by atoms with Gasteiger partial charge in [-0.15, -0.1) is 5.01 Å². The number of hydrogen-bond donors (Lipinski definition) is 2. The molecule has 0 spiro atoms. The van der Waals surface area contributed by atoms with Crippen molar-refractivity contribution in [2.24, 2.45) is 5.28 Å². The summed E-state index contributed by atoms with van der Waals surface area (Å²) in [6, 6.07) is 12.4. The van der Waals surface area contributed by atoms with E-state index in [-0.39, 0.29) is 18.3 Å². The average molecular weight is 512 g/mol. The Kier molecular flexibility index (Phi) is 7.71. The van der Waals surface area contributed by atoms with Crippen LogP contribution in [0.1, 0.15) is 58.3 Å². The van der Waals surface area contributed by atoms with Crippen molar-refractivity contribution in [1.82, 2.24) is 9.99 Å². The minimum atomic E-state index is -1.05. The van der Waals surface area contributed by atoms with Crippen molar-refractivity contribution < 1.29 is 29.7 Å². The van der Waals surface area contributed by atoms with Gasteiger partial charge in [0.05, 0.1) is 25.3 Å². The highest BCUT2D eigenvalue weighted by atomic mass is 35.5. The quantitative estimate of drug-likeness (QED) is 0.219. The van der Waals surface area contributed by atoms with E-state index in [1.807, 2.05) is 45.0 Å². The second-order valence-corrected chi connectivity index (χ2v) is 8.78. The van der Waals surface area contributed by atoms with E-state index in [0.717, 1.165) is 22.3 Å². The molecule has 0 bridgehead atoms. The van der Waals surface area contributed by atoms with Crippen LogP contribution in [0.3, 0.4) is 0 Å². The number of carboxylic acid groups (broad SMARTS) is 1. The lowest BCUT2D eigenvalue weighted by Gasteiger charge is -2.16. The van der Waals surface area contributed by atoms with Gasteiger partial charge in [0.1, 0.15) is 12.7 Å². The van der Waals surface area contributed by atoms with Crippen molar-refractivity contribution in [2.45, 2.75) is 40.1 Å². The minimum absolute atomic E-state index is 0.0383. The van der Waals surface area contributed by atoms with Gasteiger partial charge in [-0.2, -0.15) is 0 Å². The zero-order valence-electron chi connectivity index (χ0n) is 20.3. The smallest absolute Gasteiger partial charge is 0.336 e. The van der Waals surface area contributed by atoms with Gasteiger partial charge in [-0.25, -0.2) is 10.0 Å². The van der Waals surface area contributed by atoms with E-state index in [9.17, 15) is 15.1 Å². The summed E-state index contributed by atoms with van der Waals surface area (Å²) in [7, 11) is 0. The number of carboxylic acids is 1. The second kappa shape index (κ2) is 10.9. The Hall–Kier alpha value is -3.69. The van der Waals surface area contributed by atoms with Crippen molar-refractivity contribution in [3.63, 3.8) is 0 Å². The SMILES string of the molecule is CCN(CC)/[N+](O)=N/OCc1ccc(C(=O)O)c(-c2c(C)ncc3c2COC3c2ccc(Cl)cc2)c1. The number of benzene rings is 2. The third-order valence-corrected chi connectivity index (χ3v) is 6.44. The Morgan fingerprint density at radius 3 is 2.64 bits per heavy atom. The van der Waals surface area contributed by atoms with Gasteiger partial charge in [-0.05, 0) is 67.3 Å². The Bertz CT molecular complexity index is 1290. The molecule has 0 aliphatic carbocycles. The molecule has 0 saturated carbocycles. The highest BCUT2D eigenvalue weighted by molar-refractivity contribution is 6.30. The number of aromatic carboxylic acids is 1. The predicted octanol–water partition coefficient (Wildman–Crippen LogP) is 5.57. The fraction of sp³-hybridized carbons (Fsp3) is 0.308. The number of fused-ring (bicyclic) bond motifs is 1.